The molecule has 2 fully saturated rings. The van der Waals surface area contributed by atoms with Crippen molar-refractivity contribution in [2.45, 2.75) is 57.8 Å². The molecule has 2 unspecified atom stereocenters. The molecule has 0 spiro atoms. The van der Waals surface area contributed by atoms with E-state index in [9.17, 15) is 15.2 Å². The van der Waals surface area contributed by atoms with Gasteiger partial charge in [-0.3, -0.25) is 9.69 Å². The van der Waals surface area contributed by atoms with Crippen LogP contribution in [-0.4, -0.2) is 54.6 Å². The fourth-order valence-electron chi connectivity index (χ4n) is 5.51. The number of nitriles is 1. The number of rotatable bonds is 7. The summed E-state index contributed by atoms with van der Waals surface area (Å²) in [6.07, 6.45) is 10.3. The van der Waals surface area contributed by atoms with E-state index in [1.807, 2.05) is 44.3 Å². The van der Waals surface area contributed by atoms with Crippen molar-refractivity contribution in [3.05, 3.63) is 77.1 Å². The molecule has 4 heterocycles. The first-order chi connectivity index (χ1) is 16.5. The summed E-state index contributed by atoms with van der Waals surface area (Å²) in [7, 11) is 0. The highest BCUT2D eigenvalue weighted by molar-refractivity contribution is 5.99. The number of carbonyl (C=O) groups excluding carboxylic acids is 1. The standard InChI is InChI=1S/C27H29N5O2/c1-18-24(27(34)17-31-22-9-10-25(31)26(33)15-22)14-23(4-3-12-30-13-11-29-19(30)2)32(18)21-7-5-20(16-28)6-8-21/h3-8,11,13-14,22,25-26,33H,9-10,12,15,17H2,1-2H3/b4-3+/t22?,25?,26-/m0/s1. The largest absolute Gasteiger partial charge is 0.391 e. The van der Waals surface area contributed by atoms with Crippen LogP contribution in [-0.2, 0) is 6.54 Å². The average Bonchev–Trinajstić information content (AvgIpc) is 3.58. The number of aliphatic hydroxyl groups excluding tert-OH is 1. The molecule has 2 saturated heterocycles. The van der Waals surface area contributed by atoms with Crippen molar-refractivity contribution in [2.24, 2.45) is 0 Å². The second-order valence-corrected chi connectivity index (χ2v) is 9.29. The minimum Gasteiger partial charge on any atom is -0.391 e. The number of ketones is 1. The van der Waals surface area contributed by atoms with Gasteiger partial charge in [0.25, 0.3) is 0 Å². The van der Waals surface area contributed by atoms with Gasteiger partial charge in [0.15, 0.2) is 5.78 Å². The van der Waals surface area contributed by atoms with Gasteiger partial charge >= 0.3 is 0 Å². The fourth-order valence-corrected chi connectivity index (χ4v) is 5.51. The van der Waals surface area contributed by atoms with Crippen LogP contribution in [0.1, 0.15) is 52.4 Å². The molecule has 34 heavy (non-hydrogen) atoms. The number of allylic oxidation sites excluding steroid dienone is 1. The van der Waals surface area contributed by atoms with E-state index in [1.54, 1.807) is 18.3 Å². The van der Waals surface area contributed by atoms with Crippen LogP contribution >= 0.6 is 0 Å². The average molecular weight is 456 g/mol. The third-order valence-corrected chi connectivity index (χ3v) is 7.32. The Morgan fingerprint density at radius 3 is 2.68 bits per heavy atom. The zero-order valence-corrected chi connectivity index (χ0v) is 19.6. The van der Waals surface area contributed by atoms with Crippen LogP contribution in [0.2, 0.25) is 0 Å². The molecule has 2 bridgehead atoms. The Labute approximate surface area is 199 Å². The number of Topliss-reactive ketones (excluding diaryl/α,β-unsaturated/α-hetero) is 1. The van der Waals surface area contributed by atoms with Crippen molar-refractivity contribution in [3.8, 4) is 11.8 Å². The van der Waals surface area contributed by atoms with Gasteiger partial charge < -0.3 is 14.2 Å². The molecule has 2 aliphatic rings. The maximum atomic E-state index is 13.4. The lowest BCUT2D eigenvalue weighted by Gasteiger charge is -2.21. The highest BCUT2D eigenvalue weighted by Crippen LogP contribution is 2.37. The summed E-state index contributed by atoms with van der Waals surface area (Å²) in [5.74, 6) is 1.03. The van der Waals surface area contributed by atoms with Crippen molar-refractivity contribution >= 4 is 11.9 Å². The molecule has 0 amide bonds. The molecular weight excluding hydrogens is 426 g/mol. The lowest BCUT2D eigenvalue weighted by molar-refractivity contribution is 0.0873. The Morgan fingerprint density at radius 1 is 1.26 bits per heavy atom. The minimum atomic E-state index is -0.318. The van der Waals surface area contributed by atoms with E-state index in [4.69, 9.17) is 0 Å². The van der Waals surface area contributed by atoms with Crippen LogP contribution in [0.5, 0.6) is 0 Å². The van der Waals surface area contributed by atoms with E-state index in [-0.39, 0.29) is 17.9 Å². The Kier molecular flexibility index (Phi) is 5.94. The van der Waals surface area contributed by atoms with Crippen molar-refractivity contribution < 1.29 is 9.90 Å². The number of carbonyl (C=O) groups is 1. The number of aliphatic hydroxyl groups is 1. The van der Waals surface area contributed by atoms with Crippen LogP contribution in [0.4, 0.5) is 0 Å². The lowest BCUT2D eigenvalue weighted by atomic mass is 9.98. The first kappa shape index (κ1) is 22.3. The smallest absolute Gasteiger partial charge is 0.178 e. The van der Waals surface area contributed by atoms with E-state index in [0.29, 0.717) is 30.3 Å². The summed E-state index contributed by atoms with van der Waals surface area (Å²) in [6.45, 7) is 4.95. The van der Waals surface area contributed by atoms with Gasteiger partial charge in [0.05, 0.1) is 24.3 Å². The molecule has 0 saturated carbocycles. The number of hydrogen-bond donors (Lipinski definition) is 1. The number of benzene rings is 1. The number of nitrogens with zero attached hydrogens (tertiary/aromatic N) is 5. The predicted octanol–water partition coefficient (Wildman–Crippen LogP) is 3.66. The first-order valence-corrected chi connectivity index (χ1v) is 11.8. The second-order valence-electron chi connectivity index (χ2n) is 9.29. The van der Waals surface area contributed by atoms with Gasteiger partial charge in [-0.2, -0.15) is 5.26 Å². The van der Waals surface area contributed by atoms with Crippen molar-refractivity contribution in [3.63, 3.8) is 0 Å². The minimum absolute atomic E-state index is 0.0796. The van der Waals surface area contributed by atoms with Gasteiger partial charge in [-0.05, 0) is 69.5 Å². The van der Waals surface area contributed by atoms with Gasteiger partial charge in [0, 0.05) is 53.7 Å². The number of fused-ring (bicyclic) bond motifs is 2. The van der Waals surface area contributed by atoms with Gasteiger partial charge in [0.2, 0.25) is 0 Å². The van der Waals surface area contributed by atoms with Crippen LogP contribution in [0.15, 0.2) is 48.8 Å². The van der Waals surface area contributed by atoms with Crippen LogP contribution < -0.4 is 0 Å². The van der Waals surface area contributed by atoms with Crippen molar-refractivity contribution in [2.75, 3.05) is 6.54 Å². The highest BCUT2D eigenvalue weighted by atomic mass is 16.3. The number of aromatic nitrogens is 3. The third-order valence-electron chi connectivity index (χ3n) is 7.32. The number of hydrogen-bond acceptors (Lipinski definition) is 5. The molecule has 0 radical (unpaired) electrons. The molecule has 1 aromatic carbocycles. The normalized spacial score (nSPS) is 22.0. The van der Waals surface area contributed by atoms with E-state index in [0.717, 1.165) is 42.2 Å². The van der Waals surface area contributed by atoms with Crippen LogP contribution in [0, 0.1) is 25.2 Å². The second kappa shape index (κ2) is 9.05. The van der Waals surface area contributed by atoms with Gasteiger partial charge in [-0.15, -0.1) is 0 Å². The molecule has 7 heteroatoms. The summed E-state index contributed by atoms with van der Waals surface area (Å²) in [5.41, 5.74) is 3.99. The summed E-state index contributed by atoms with van der Waals surface area (Å²) in [6, 6.07) is 11.9. The Balaban J connectivity index is 1.46. The molecule has 1 N–H and O–H groups in total. The zero-order valence-electron chi connectivity index (χ0n) is 19.6. The summed E-state index contributed by atoms with van der Waals surface area (Å²) >= 11 is 0. The molecule has 5 rings (SSSR count). The van der Waals surface area contributed by atoms with Crippen LogP contribution in [0.25, 0.3) is 11.8 Å². The molecule has 2 aliphatic heterocycles. The fraction of sp³-hybridized carbons (Fsp3) is 0.370. The van der Waals surface area contributed by atoms with E-state index in [1.165, 1.54) is 0 Å². The van der Waals surface area contributed by atoms with E-state index < -0.39 is 0 Å². The molecule has 2 aromatic heterocycles. The SMILES string of the molecule is Cc1nccn1C/C=C/c1cc(C(=O)CN2C3CCC2[C@@H](O)C3)c(C)n1-c1ccc(C#N)cc1. The molecule has 174 valence electrons. The number of aryl methyl sites for hydroxylation is 1. The maximum absolute atomic E-state index is 13.4. The van der Waals surface area contributed by atoms with Crippen molar-refractivity contribution in [1.82, 2.24) is 19.0 Å². The van der Waals surface area contributed by atoms with Crippen LogP contribution in [0.3, 0.4) is 0 Å². The van der Waals surface area contributed by atoms with E-state index in [2.05, 4.69) is 31.2 Å². The molecule has 7 nitrogen and oxygen atoms in total. The van der Waals surface area contributed by atoms with Gasteiger partial charge in [-0.1, -0.05) is 6.08 Å². The third kappa shape index (κ3) is 4.00. The molecule has 0 aliphatic carbocycles. The maximum Gasteiger partial charge on any atom is 0.178 e. The Hall–Kier alpha value is -3.47. The highest BCUT2D eigenvalue weighted by Gasteiger charge is 2.46. The molecular formula is C27H29N5O2. The quantitative estimate of drug-likeness (QED) is 0.550. The lowest BCUT2D eigenvalue weighted by Crippen LogP contribution is -2.36. The summed E-state index contributed by atoms with van der Waals surface area (Å²) in [5, 5.41) is 19.4. The zero-order chi connectivity index (χ0) is 23.8. The topological polar surface area (TPSA) is 87.1 Å². The Morgan fingerprint density at radius 2 is 2.06 bits per heavy atom. The summed E-state index contributed by atoms with van der Waals surface area (Å²) in [4.78, 5) is 19.9. The first-order valence-electron chi connectivity index (χ1n) is 11.8. The van der Waals surface area contributed by atoms with Gasteiger partial charge in [0.1, 0.15) is 5.82 Å². The monoisotopic (exact) mass is 455 g/mol. The number of imidazole rings is 1. The van der Waals surface area contributed by atoms with Crippen molar-refractivity contribution in [1.29, 1.82) is 5.26 Å². The summed E-state index contributed by atoms with van der Waals surface area (Å²) < 4.78 is 4.12. The van der Waals surface area contributed by atoms with Gasteiger partial charge in [-0.25, -0.2) is 4.98 Å². The Bertz CT molecular complexity index is 1280. The molecule has 3 aromatic rings. The van der Waals surface area contributed by atoms with E-state index >= 15 is 0 Å². The predicted molar refractivity (Wildman–Crippen MR) is 130 cm³/mol. The molecule has 3 atom stereocenters.